The van der Waals surface area contributed by atoms with Crippen LogP contribution in [0.25, 0.3) is 0 Å². The van der Waals surface area contributed by atoms with Crippen molar-refractivity contribution in [3.8, 4) is 5.75 Å². The van der Waals surface area contributed by atoms with Crippen molar-refractivity contribution in [1.29, 1.82) is 0 Å². The third-order valence-electron chi connectivity index (χ3n) is 3.98. The molecule has 0 bridgehead atoms. The third kappa shape index (κ3) is 4.87. The van der Waals surface area contributed by atoms with E-state index in [9.17, 15) is 0 Å². The van der Waals surface area contributed by atoms with Gasteiger partial charge in [-0.25, -0.2) is 0 Å². The van der Waals surface area contributed by atoms with Gasteiger partial charge in [-0.3, -0.25) is 0 Å². The van der Waals surface area contributed by atoms with E-state index in [1.165, 1.54) is 12.8 Å². The van der Waals surface area contributed by atoms with Crippen molar-refractivity contribution in [2.24, 2.45) is 0 Å². The van der Waals surface area contributed by atoms with Gasteiger partial charge >= 0.3 is 0 Å². The fraction of sp³-hybridized carbons (Fsp3) is 0.647. The minimum absolute atomic E-state index is 0.224. The lowest BCUT2D eigenvalue weighted by molar-refractivity contribution is 0.00493. The van der Waals surface area contributed by atoms with Crippen LogP contribution in [0.2, 0.25) is 5.02 Å². The Hall–Kier alpha value is -0.770. The van der Waals surface area contributed by atoms with E-state index in [0.717, 1.165) is 48.7 Å². The van der Waals surface area contributed by atoms with Gasteiger partial charge in [0.1, 0.15) is 5.75 Å². The Labute approximate surface area is 133 Å². The lowest BCUT2D eigenvalue weighted by Gasteiger charge is -2.28. The third-order valence-corrected chi connectivity index (χ3v) is 4.22. The van der Waals surface area contributed by atoms with Crippen LogP contribution >= 0.6 is 11.6 Å². The molecule has 0 spiro atoms. The first-order valence-electron chi connectivity index (χ1n) is 7.93. The van der Waals surface area contributed by atoms with Crippen LogP contribution in [0, 0.1) is 0 Å². The van der Waals surface area contributed by atoms with Crippen molar-refractivity contribution >= 4 is 11.6 Å². The van der Waals surface area contributed by atoms with Gasteiger partial charge in [0.15, 0.2) is 0 Å². The number of rotatable bonds is 7. The molecule has 1 fully saturated rings. The maximum atomic E-state index is 6.18. The smallest absolute Gasteiger partial charge is 0.123 e. The number of nitrogens with one attached hydrogen (secondary N) is 1. The van der Waals surface area contributed by atoms with Gasteiger partial charge in [-0.2, -0.15) is 0 Å². The summed E-state index contributed by atoms with van der Waals surface area (Å²) in [5, 5.41) is 4.37. The Balaban J connectivity index is 2.15. The summed E-state index contributed by atoms with van der Waals surface area (Å²) in [5.74, 6) is 0.892. The van der Waals surface area contributed by atoms with Crippen LogP contribution in [0.1, 0.15) is 50.6 Å². The van der Waals surface area contributed by atoms with Gasteiger partial charge in [0.05, 0.1) is 13.2 Å². The quantitative estimate of drug-likeness (QED) is 0.812. The predicted molar refractivity (Wildman–Crippen MR) is 87.2 cm³/mol. The molecule has 2 atom stereocenters. The number of methoxy groups -OCH3 is 1. The fourth-order valence-corrected chi connectivity index (χ4v) is 3.05. The monoisotopic (exact) mass is 311 g/mol. The summed E-state index contributed by atoms with van der Waals surface area (Å²) in [7, 11) is 1.71. The van der Waals surface area contributed by atoms with Gasteiger partial charge < -0.3 is 14.8 Å². The standard InChI is InChI=1S/C17H26ClNO2/c1-3-9-19-16(12-14-6-4-5-10-21-14)15-11-13(18)7-8-17(15)20-2/h7-8,11,14,16,19H,3-6,9-10,12H2,1-2H3. The first-order chi connectivity index (χ1) is 10.2. The van der Waals surface area contributed by atoms with Gasteiger partial charge in [-0.05, 0) is 56.8 Å². The zero-order chi connectivity index (χ0) is 15.1. The minimum Gasteiger partial charge on any atom is -0.496 e. The zero-order valence-corrected chi connectivity index (χ0v) is 13.8. The summed E-state index contributed by atoms with van der Waals surface area (Å²) in [6.07, 6.45) is 5.99. The first-order valence-corrected chi connectivity index (χ1v) is 8.30. The molecular weight excluding hydrogens is 286 g/mol. The summed E-state index contributed by atoms with van der Waals surface area (Å²) in [4.78, 5) is 0. The Bertz CT molecular complexity index is 433. The first kappa shape index (κ1) is 16.6. The van der Waals surface area contributed by atoms with Crippen LogP contribution in [0.5, 0.6) is 5.75 Å². The normalized spacial score (nSPS) is 20.2. The average molecular weight is 312 g/mol. The fourth-order valence-electron chi connectivity index (χ4n) is 2.87. The van der Waals surface area contributed by atoms with Gasteiger partial charge in [0.2, 0.25) is 0 Å². The van der Waals surface area contributed by atoms with Crippen LogP contribution in [0.15, 0.2) is 18.2 Å². The van der Waals surface area contributed by atoms with Gasteiger partial charge in [0.25, 0.3) is 0 Å². The Kier molecular flexibility index (Phi) is 6.81. The molecule has 1 saturated heterocycles. The van der Waals surface area contributed by atoms with E-state index in [0.29, 0.717) is 6.10 Å². The molecule has 1 heterocycles. The number of hydrogen-bond acceptors (Lipinski definition) is 3. The lowest BCUT2D eigenvalue weighted by Crippen LogP contribution is -2.29. The molecule has 118 valence electrons. The van der Waals surface area contributed by atoms with E-state index < -0.39 is 0 Å². The number of hydrogen-bond donors (Lipinski definition) is 1. The predicted octanol–water partition coefficient (Wildman–Crippen LogP) is 4.35. The second kappa shape index (κ2) is 8.62. The zero-order valence-electron chi connectivity index (χ0n) is 13.0. The van der Waals surface area contributed by atoms with Crippen molar-refractivity contribution in [2.75, 3.05) is 20.3 Å². The Morgan fingerprint density at radius 1 is 1.43 bits per heavy atom. The molecule has 0 saturated carbocycles. The van der Waals surface area contributed by atoms with Crippen molar-refractivity contribution in [3.05, 3.63) is 28.8 Å². The second-order valence-corrected chi connectivity index (χ2v) is 6.05. The van der Waals surface area contributed by atoms with Gasteiger partial charge in [0, 0.05) is 23.2 Å². The van der Waals surface area contributed by atoms with E-state index in [2.05, 4.69) is 12.2 Å². The van der Waals surface area contributed by atoms with Crippen molar-refractivity contribution < 1.29 is 9.47 Å². The molecule has 1 aliphatic rings. The van der Waals surface area contributed by atoms with Gasteiger partial charge in [-0.15, -0.1) is 0 Å². The van der Waals surface area contributed by atoms with Crippen molar-refractivity contribution in [1.82, 2.24) is 5.32 Å². The molecule has 2 unspecified atom stereocenters. The largest absolute Gasteiger partial charge is 0.496 e. The summed E-state index contributed by atoms with van der Waals surface area (Å²) < 4.78 is 11.4. The summed E-state index contributed by atoms with van der Waals surface area (Å²) in [6.45, 7) is 4.04. The topological polar surface area (TPSA) is 30.5 Å². The molecular formula is C17H26ClNO2. The van der Waals surface area contributed by atoms with Crippen LogP contribution in [0.4, 0.5) is 0 Å². The van der Waals surface area contributed by atoms with Crippen molar-refractivity contribution in [2.45, 2.75) is 51.2 Å². The van der Waals surface area contributed by atoms with Crippen LogP contribution in [-0.4, -0.2) is 26.4 Å². The summed E-state index contributed by atoms with van der Waals surface area (Å²) in [5.41, 5.74) is 1.13. The Morgan fingerprint density at radius 3 is 2.95 bits per heavy atom. The lowest BCUT2D eigenvalue weighted by atomic mass is 9.96. The molecule has 1 aliphatic heterocycles. The Morgan fingerprint density at radius 2 is 2.29 bits per heavy atom. The van der Waals surface area contributed by atoms with E-state index in [-0.39, 0.29) is 6.04 Å². The number of benzene rings is 1. The molecule has 0 aliphatic carbocycles. The second-order valence-electron chi connectivity index (χ2n) is 5.62. The molecule has 4 heteroatoms. The molecule has 1 aromatic carbocycles. The molecule has 3 nitrogen and oxygen atoms in total. The average Bonchev–Trinajstić information content (AvgIpc) is 2.52. The number of ether oxygens (including phenoxy) is 2. The summed E-state index contributed by atoms with van der Waals surface area (Å²) in [6, 6.07) is 6.05. The maximum Gasteiger partial charge on any atom is 0.123 e. The van der Waals surface area contributed by atoms with E-state index in [1.807, 2.05) is 18.2 Å². The molecule has 1 aromatic rings. The minimum atomic E-state index is 0.224. The van der Waals surface area contributed by atoms with Crippen molar-refractivity contribution in [3.63, 3.8) is 0 Å². The molecule has 0 radical (unpaired) electrons. The molecule has 0 aromatic heterocycles. The molecule has 1 N–H and O–H groups in total. The maximum absolute atomic E-state index is 6.18. The highest BCUT2D eigenvalue weighted by atomic mass is 35.5. The molecule has 21 heavy (non-hydrogen) atoms. The van der Waals surface area contributed by atoms with Gasteiger partial charge in [-0.1, -0.05) is 18.5 Å². The highest BCUT2D eigenvalue weighted by Gasteiger charge is 2.23. The van der Waals surface area contributed by atoms with E-state index >= 15 is 0 Å². The van der Waals surface area contributed by atoms with Crippen LogP contribution < -0.4 is 10.1 Å². The highest BCUT2D eigenvalue weighted by molar-refractivity contribution is 6.30. The highest BCUT2D eigenvalue weighted by Crippen LogP contribution is 2.32. The van der Waals surface area contributed by atoms with E-state index in [1.54, 1.807) is 7.11 Å². The molecule has 0 amide bonds. The summed E-state index contributed by atoms with van der Waals surface area (Å²) >= 11 is 6.18. The van der Waals surface area contributed by atoms with Crippen LogP contribution in [0.3, 0.4) is 0 Å². The van der Waals surface area contributed by atoms with Crippen LogP contribution in [-0.2, 0) is 4.74 Å². The SMILES string of the molecule is CCCNC(CC1CCCCO1)c1cc(Cl)ccc1OC. The van der Waals surface area contributed by atoms with E-state index in [4.69, 9.17) is 21.1 Å². The molecule has 2 rings (SSSR count). The number of halogens is 1.